The number of esters is 1. The van der Waals surface area contributed by atoms with E-state index in [-0.39, 0.29) is 13.0 Å². The molecule has 1 amide bonds. The van der Waals surface area contributed by atoms with Crippen molar-refractivity contribution in [3.8, 4) is 0 Å². The molecule has 210 valence electrons. The van der Waals surface area contributed by atoms with Crippen molar-refractivity contribution in [2.75, 3.05) is 38.3 Å². The number of rotatable bonds is 9. The van der Waals surface area contributed by atoms with Gasteiger partial charge in [0, 0.05) is 44.0 Å². The van der Waals surface area contributed by atoms with Crippen molar-refractivity contribution in [2.24, 2.45) is 0 Å². The zero-order valence-electron chi connectivity index (χ0n) is 22.0. The molecule has 1 saturated heterocycles. The molecule has 10 heteroatoms. The molecule has 40 heavy (non-hydrogen) atoms. The fraction of sp³-hybridized carbons (Fsp3) is 0.300. The zero-order valence-corrected chi connectivity index (χ0v) is 22.0. The minimum atomic E-state index is -4.56. The molecule has 0 N–H and O–H groups in total. The van der Waals surface area contributed by atoms with Crippen LogP contribution in [-0.2, 0) is 38.2 Å². The van der Waals surface area contributed by atoms with Crippen LogP contribution >= 0.6 is 0 Å². The van der Waals surface area contributed by atoms with Crippen LogP contribution in [0.15, 0.2) is 79.0 Å². The van der Waals surface area contributed by atoms with E-state index in [0.29, 0.717) is 18.8 Å². The number of pyridine rings is 1. The van der Waals surface area contributed by atoms with Gasteiger partial charge >= 0.3 is 12.1 Å². The molecule has 0 spiro atoms. The van der Waals surface area contributed by atoms with Gasteiger partial charge in [-0.1, -0.05) is 48.5 Å². The molecule has 4 rings (SSSR count). The van der Waals surface area contributed by atoms with E-state index >= 15 is 0 Å². The van der Waals surface area contributed by atoms with E-state index in [9.17, 15) is 22.8 Å². The normalized spacial score (nSPS) is 14.7. The van der Waals surface area contributed by atoms with E-state index in [0.717, 1.165) is 42.2 Å². The van der Waals surface area contributed by atoms with Crippen molar-refractivity contribution in [3.63, 3.8) is 0 Å². The van der Waals surface area contributed by atoms with Gasteiger partial charge in [0.15, 0.2) is 0 Å². The van der Waals surface area contributed by atoms with Crippen LogP contribution in [0, 0.1) is 0 Å². The molecule has 0 saturated carbocycles. The minimum absolute atomic E-state index is 0.116. The highest BCUT2D eigenvalue weighted by molar-refractivity contribution is 5.94. The van der Waals surface area contributed by atoms with E-state index in [1.165, 1.54) is 30.2 Å². The molecule has 7 nitrogen and oxygen atoms in total. The number of ether oxygens (including phenoxy) is 2. The van der Waals surface area contributed by atoms with Crippen LogP contribution in [-0.4, -0.2) is 61.2 Å². The second-order valence-corrected chi connectivity index (χ2v) is 9.27. The maximum atomic E-state index is 13.5. The molecule has 0 aliphatic carbocycles. The number of benzene rings is 2. The van der Waals surface area contributed by atoms with Crippen LogP contribution in [0.5, 0.6) is 0 Å². The molecule has 1 aliphatic heterocycles. The second kappa shape index (κ2) is 13.3. The van der Waals surface area contributed by atoms with Crippen LogP contribution in [0.25, 0.3) is 6.08 Å². The summed E-state index contributed by atoms with van der Waals surface area (Å²) in [6.07, 6.45) is -0.685. The maximum absolute atomic E-state index is 13.5. The molecule has 1 atom stereocenters. The third kappa shape index (κ3) is 7.69. The summed E-state index contributed by atoms with van der Waals surface area (Å²) in [6.45, 7) is 3.00. The van der Waals surface area contributed by atoms with Crippen molar-refractivity contribution < 1.29 is 32.2 Å². The van der Waals surface area contributed by atoms with E-state index in [4.69, 9.17) is 9.47 Å². The Balaban J connectivity index is 1.59. The third-order valence-electron chi connectivity index (χ3n) is 6.57. The summed E-state index contributed by atoms with van der Waals surface area (Å²) in [4.78, 5) is 33.5. The standard InChI is InChI=1S/C30H30F3N3O4/c1-39-29(38)26(19-22-5-3-2-4-6-22)36(21-24-7-11-25(12-8-24)35-15-17-40-18-16-35)28(37)14-10-23-9-13-27(34-20-23)30(31,32)33/h2-14,20,26H,15-19,21H2,1H3/t26-/m0/s1. The fourth-order valence-electron chi connectivity index (χ4n) is 4.40. The van der Waals surface area contributed by atoms with Crippen LogP contribution in [0.4, 0.5) is 18.9 Å². The SMILES string of the molecule is COC(=O)[C@H](Cc1ccccc1)N(Cc1ccc(N2CCOCC2)cc1)C(=O)C=Cc1ccc(C(F)(F)F)nc1. The minimum Gasteiger partial charge on any atom is -0.467 e. The lowest BCUT2D eigenvalue weighted by Gasteiger charge is -2.30. The number of anilines is 1. The molecule has 1 fully saturated rings. The van der Waals surface area contributed by atoms with Crippen molar-refractivity contribution in [2.45, 2.75) is 25.2 Å². The molecule has 0 bridgehead atoms. The lowest BCUT2D eigenvalue weighted by Crippen LogP contribution is -2.46. The van der Waals surface area contributed by atoms with E-state index in [2.05, 4.69) is 9.88 Å². The number of hydrogen-bond donors (Lipinski definition) is 0. The Bertz CT molecular complexity index is 1290. The van der Waals surface area contributed by atoms with Gasteiger partial charge < -0.3 is 19.3 Å². The highest BCUT2D eigenvalue weighted by Gasteiger charge is 2.32. The highest BCUT2D eigenvalue weighted by atomic mass is 19.4. The van der Waals surface area contributed by atoms with Crippen LogP contribution in [0.1, 0.15) is 22.4 Å². The van der Waals surface area contributed by atoms with Crippen molar-refractivity contribution in [1.82, 2.24) is 9.88 Å². The number of hydrogen-bond acceptors (Lipinski definition) is 6. The van der Waals surface area contributed by atoms with Gasteiger partial charge in [-0.2, -0.15) is 13.2 Å². The first-order valence-corrected chi connectivity index (χ1v) is 12.8. The lowest BCUT2D eigenvalue weighted by atomic mass is 10.0. The van der Waals surface area contributed by atoms with Gasteiger partial charge in [-0.15, -0.1) is 0 Å². The summed E-state index contributed by atoms with van der Waals surface area (Å²) in [5.41, 5.74) is 1.97. The lowest BCUT2D eigenvalue weighted by molar-refractivity contribution is -0.151. The van der Waals surface area contributed by atoms with Crippen LogP contribution < -0.4 is 4.90 Å². The summed E-state index contributed by atoms with van der Waals surface area (Å²) < 4.78 is 49.1. The predicted octanol–water partition coefficient (Wildman–Crippen LogP) is 4.76. The van der Waals surface area contributed by atoms with Crippen molar-refractivity contribution >= 4 is 23.6 Å². The third-order valence-corrected chi connectivity index (χ3v) is 6.57. The number of alkyl halides is 3. The summed E-state index contributed by atoms with van der Waals surface area (Å²) in [7, 11) is 1.27. The number of carbonyl (C=O) groups excluding carboxylic acids is 2. The van der Waals surface area contributed by atoms with Gasteiger partial charge in [-0.3, -0.25) is 9.78 Å². The van der Waals surface area contributed by atoms with Crippen LogP contribution in [0.3, 0.4) is 0 Å². The number of nitrogens with zero attached hydrogens (tertiary/aromatic N) is 3. The Hall–Kier alpha value is -4.18. The molecule has 3 aromatic rings. The Morgan fingerprint density at radius 1 is 1.02 bits per heavy atom. The van der Waals surface area contributed by atoms with E-state index < -0.39 is 29.8 Å². The highest BCUT2D eigenvalue weighted by Crippen LogP contribution is 2.27. The Morgan fingerprint density at radius 3 is 2.33 bits per heavy atom. The van der Waals surface area contributed by atoms with Crippen molar-refractivity contribution in [3.05, 3.63) is 101 Å². The van der Waals surface area contributed by atoms with Gasteiger partial charge in [-0.25, -0.2) is 4.79 Å². The number of carbonyl (C=O) groups is 2. The summed E-state index contributed by atoms with van der Waals surface area (Å²) in [5, 5.41) is 0. The Labute approximate surface area is 230 Å². The van der Waals surface area contributed by atoms with Gasteiger partial charge in [0.1, 0.15) is 11.7 Å². The van der Waals surface area contributed by atoms with Gasteiger partial charge in [0.05, 0.1) is 20.3 Å². The average molecular weight is 554 g/mol. The van der Waals surface area contributed by atoms with Crippen LogP contribution in [0.2, 0.25) is 0 Å². The second-order valence-electron chi connectivity index (χ2n) is 9.27. The molecule has 1 aromatic heterocycles. The zero-order chi connectivity index (χ0) is 28.5. The van der Waals surface area contributed by atoms with Gasteiger partial charge in [0.25, 0.3) is 0 Å². The topological polar surface area (TPSA) is 72.0 Å². The van der Waals surface area contributed by atoms with Gasteiger partial charge in [0.2, 0.25) is 5.91 Å². The largest absolute Gasteiger partial charge is 0.467 e. The van der Waals surface area contributed by atoms with E-state index in [1.54, 1.807) is 0 Å². The first kappa shape index (κ1) is 28.8. The van der Waals surface area contributed by atoms with E-state index in [1.807, 2.05) is 54.6 Å². The first-order chi connectivity index (χ1) is 19.2. The Morgan fingerprint density at radius 2 is 1.73 bits per heavy atom. The summed E-state index contributed by atoms with van der Waals surface area (Å²) >= 11 is 0. The maximum Gasteiger partial charge on any atom is 0.433 e. The molecular weight excluding hydrogens is 523 g/mol. The molecule has 1 aliphatic rings. The molecular formula is C30H30F3N3O4. The summed E-state index contributed by atoms with van der Waals surface area (Å²) in [5.74, 6) is -1.07. The smallest absolute Gasteiger partial charge is 0.433 e. The molecule has 0 radical (unpaired) electrons. The number of morpholine rings is 1. The predicted molar refractivity (Wildman–Crippen MR) is 144 cm³/mol. The molecule has 2 aromatic carbocycles. The summed E-state index contributed by atoms with van der Waals surface area (Å²) in [6, 6.07) is 18.2. The number of halogens is 3. The number of aromatic nitrogens is 1. The molecule has 2 heterocycles. The monoisotopic (exact) mass is 553 g/mol. The van der Waals surface area contributed by atoms with Crippen molar-refractivity contribution in [1.29, 1.82) is 0 Å². The average Bonchev–Trinajstić information content (AvgIpc) is 2.98. The quantitative estimate of drug-likeness (QED) is 0.281. The first-order valence-electron chi connectivity index (χ1n) is 12.8. The number of methoxy groups -OCH3 is 1. The fourth-order valence-corrected chi connectivity index (χ4v) is 4.40. The molecule has 0 unspecified atom stereocenters. The van der Waals surface area contributed by atoms with Gasteiger partial charge in [-0.05, 0) is 41.0 Å². The Kier molecular flexibility index (Phi) is 9.55. The number of amides is 1.